The van der Waals surface area contributed by atoms with Crippen LogP contribution in [0.5, 0.6) is 0 Å². The van der Waals surface area contributed by atoms with Crippen LogP contribution in [0.3, 0.4) is 0 Å². The Bertz CT molecular complexity index is 483. The van der Waals surface area contributed by atoms with E-state index in [0.717, 1.165) is 18.7 Å². The maximum absolute atomic E-state index is 11.3. The van der Waals surface area contributed by atoms with Crippen LogP contribution < -0.4 is 10.6 Å². The highest BCUT2D eigenvalue weighted by molar-refractivity contribution is 5.94. The molecular formula is C16H22N2O2. The van der Waals surface area contributed by atoms with Crippen LogP contribution >= 0.6 is 0 Å². The first-order valence-electron chi connectivity index (χ1n) is 7.58. The van der Waals surface area contributed by atoms with Crippen molar-refractivity contribution in [2.45, 2.75) is 44.2 Å². The molecular weight excluding hydrogens is 252 g/mol. The van der Waals surface area contributed by atoms with Crippen LogP contribution in [0.4, 0.5) is 5.69 Å². The minimum absolute atomic E-state index is 0.373. The van der Waals surface area contributed by atoms with Crippen LogP contribution in [0.1, 0.15) is 42.5 Å². The minimum Gasteiger partial charge on any atom is -0.478 e. The normalized spacial score (nSPS) is 29.5. The lowest BCUT2D eigenvalue weighted by atomic mass is 9.92. The fourth-order valence-electron chi connectivity index (χ4n) is 3.72. The van der Waals surface area contributed by atoms with Gasteiger partial charge in [-0.2, -0.15) is 0 Å². The van der Waals surface area contributed by atoms with E-state index in [2.05, 4.69) is 10.6 Å². The molecule has 3 atom stereocenters. The average molecular weight is 274 g/mol. The van der Waals surface area contributed by atoms with Gasteiger partial charge in [0.1, 0.15) is 0 Å². The van der Waals surface area contributed by atoms with Gasteiger partial charge in [0.05, 0.1) is 5.56 Å². The highest BCUT2D eigenvalue weighted by Gasteiger charge is 2.35. The third-order valence-corrected chi connectivity index (χ3v) is 4.68. The van der Waals surface area contributed by atoms with Crippen molar-refractivity contribution in [3.8, 4) is 0 Å². The molecule has 3 rings (SSSR count). The standard InChI is InChI=1S/C16H22N2O2/c19-16(20)12-5-1-2-7-15(12)18-14-8-3-6-11(14)13-9-4-10-17-13/h1-2,5,7,11,13-14,17-18H,3-4,6,8-10H2,(H,19,20). The topological polar surface area (TPSA) is 61.4 Å². The van der Waals surface area contributed by atoms with Crippen LogP contribution in [0.25, 0.3) is 0 Å². The number of hydrogen-bond donors (Lipinski definition) is 3. The maximum atomic E-state index is 11.3. The lowest BCUT2D eigenvalue weighted by Gasteiger charge is -2.27. The zero-order valence-electron chi connectivity index (χ0n) is 11.6. The van der Waals surface area contributed by atoms with Crippen LogP contribution in [0.2, 0.25) is 0 Å². The van der Waals surface area contributed by atoms with Crippen molar-refractivity contribution in [1.82, 2.24) is 5.32 Å². The molecule has 0 amide bonds. The fourth-order valence-corrected chi connectivity index (χ4v) is 3.72. The van der Waals surface area contributed by atoms with Crippen molar-refractivity contribution in [3.63, 3.8) is 0 Å². The fraction of sp³-hybridized carbons (Fsp3) is 0.562. The quantitative estimate of drug-likeness (QED) is 0.790. The van der Waals surface area contributed by atoms with Crippen LogP contribution in [0, 0.1) is 5.92 Å². The number of anilines is 1. The van der Waals surface area contributed by atoms with Gasteiger partial charge in [-0.3, -0.25) is 0 Å². The Hall–Kier alpha value is -1.55. The molecule has 1 aromatic carbocycles. The molecule has 2 aliphatic rings. The third kappa shape index (κ3) is 2.66. The van der Waals surface area contributed by atoms with Gasteiger partial charge in [0.2, 0.25) is 0 Å². The summed E-state index contributed by atoms with van der Waals surface area (Å²) in [4.78, 5) is 11.3. The first-order valence-corrected chi connectivity index (χ1v) is 7.58. The number of benzene rings is 1. The number of para-hydroxylation sites is 1. The van der Waals surface area contributed by atoms with Gasteiger partial charge in [-0.05, 0) is 50.3 Å². The Balaban J connectivity index is 1.75. The highest BCUT2D eigenvalue weighted by Crippen LogP contribution is 2.34. The second-order valence-electron chi connectivity index (χ2n) is 5.90. The van der Waals surface area contributed by atoms with Gasteiger partial charge in [-0.15, -0.1) is 0 Å². The summed E-state index contributed by atoms with van der Waals surface area (Å²) in [6.07, 6.45) is 6.13. The average Bonchev–Trinajstić information content (AvgIpc) is 3.09. The molecule has 20 heavy (non-hydrogen) atoms. The van der Waals surface area contributed by atoms with Crippen molar-refractivity contribution in [2.24, 2.45) is 5.92 Å². The van der Waals surface area contributed by atoms with Crippen LogP contribution in [-0.2, 0) is 0 Å². The van der Waals surface area contributed by atoms with Crippen molar-refractivity contribution >= 4 is 11.7 Å². The van der Waals surface area contributed by atoms with E-state index in [1.54, 1.807) is 12.1 Å². The van der Waals surface area contributed by atoms with E-state index in [4.69, 9.17) is 0 Å². The first kappa shape index (κ1) is 13.4. The predicted octanol–water partition coefficient (Wildman–Crippen LogP) is 2.72. The third-order valence-electron chi connectivity index (χ3n) is 4.68. The molecule has 3 unspecified atom stereocenters. The van der Waals surface area contributed by atoms with E-state index in [0.29, 0.717) is 23.6 Å². The molecule has 0 aromatic heterocycles. The van der Waals surface area contributed by atoms with E-state index in [9.17, 15) is 9.90 Å². The summed E-state index contributed by atoms with van der Waals surface area (Å²) in [5.74, 6) is -0.235. The SMILES string of the molecule is O=C(O)c1ccccc1NC1CCCC1C1CCCN1. The molecule has 0 spiro atoms. The van der Waals surface area contributed by atoms with E-state index < -0.39 is 5.97 Å². The van der Waals surface area contributed by atoms with Gasteiger partial charge >= 0.3 is 5.97 Å². The predicted molar refractivity (Wildman–Crippen MR) is 79.2 cm³/mol. The van der Waals surface area contributed by atoms with Crippen molar-refractivity contribution in [3.05, 3.63) is 29.8 Å². The highest BCUT2D eigenvalue weighted by atomic mass is 16.4. The number of carboxylic acid groups (broad SMARTS) is 1. The molecule has 1 saturated carbocycles. The van der Waals surface area contributed by atoms with Gasteiger partial charge in [0.25, 0.3) is 0 Å². The van der Waals surface area contributed by atoms with Gasteiger partial charge in [-0.25, -0.2) is 4.79 Å². The smallest absolute Gasteiger partial charge is 0.337 e. The minimum atomic E-state index is -0.860. The Morgan fingerprint density at radius 3 is 2.80 bits per heavy atom. The Kier molecular flexibility index (Phi) is 3.92. The van der Waals surface area contributed by atoms with Crippen molar-refractivity contribution in [1.29, 1.82) is 0 Å². The van der Waals surface area contributed by atoms with Crippen LogP contribution in [0.15, 0.2) is 24.3 Å². The Morgan fingerprint density at radius 2 is 2.05 bits per heavy atom. The number of carboxylic acids is 1. The molecule has 1 aromatic rings. The number of aromatic carboxylic acids is 1. The Morgan fingerprint density at radius 1 is 1.20 bits per heavy atom. The first-order chi connectivity index (χ1) is 9.75. The monoisotopic (exact) mass is 274 g/mol. The maximum Gasteiger partial charge on any atom is 0.337 e. The number of carbonyl (C=O) groups is 1. The Labute approximate surface area is 119 Å². The molecule has 4 nitrogen and oxygen atoms in total. The van der Waals surface area contributed by atoms with Crippen LogP contribution in [-0.4, -0.2) is 29.7 Å². The molecule has 1 heterocycles. The van der Waals surface area contributed by atoms with Gasteiger partial charge in [0, 0.05) is 17.8 Å². The molecule has 1 aliphatic heterocycles. The summed E-state index contributed by atoms with van der Waals surface area (Å²) in [6.45, 7) is 1.12. The van der Waals surface area contributed by atoms with Crippen molar-refractivity contribution in [2.75, 3.05) is 11.9 Å². The largest absolute Gasteiger partial charge is 0.478 e. The van der Waals surface area contributed by atoms with E-state index in [1.807, 2.05) is 12.1 Å². The van der Waals surface area contributed by atoms with Gasteiger partial charge in [0.15, 0.2) is 0 Å². The number of nitrogens with one attached hydrogen (secondary N) is 2. The van der Waals surface area contributed by atoms with Gasteiger partial charge in [-0.1, -0.05) is 18.6 Å². The number of hydrogen-bond acceptors (Lipinski definition) is 3. The summed E-state index contributed by atoms with van der Waals surface area (Å²) in [7, 11) is 0. The van der Waals surface area contributed by atoms with E-state index in [1.165, 1.54) is 25.7 Å². The summed E-state index contributed by atoms with van der Waals surface area (Å²) < 4.78 is 0. The van der Waals surface area contributed by atoms with E-state index >= 15 is 0 Å². The summed E-state index contributed by atoms with van der Waals surface area (Å²) in [5, 5.41) is 16.4. The summed E-state index contributed by atoms with van der Waals surface area (Å²) in [5.41, 5.74) is 1.13. The molecule has 4 heteroatoms. The summed E-state index contributed by atoms with van der Waals surface area (Å²) >= 11 is 0. The van der Waals surface area contributed by atoms with E-state index in [-0.39, 0.29) is 0 Å². The molecule has 3 N–H and O–H groups in total. The molecule has 1 saturated heterocycles. The molecule has 2 fully saturated rings. The van der Waals surface area contributed by atoms with Gasteiger partial charge < -0.3 is 15.7 Å². The zero-order chi connectivity index (χ0) is 13.9. The lowest BCUT2D eigenvalue weighted by Crippen LogP contribution is -2.38. The second kappa shape index (κ2) is 5.83. The zero-order valence-corrected chi connectivity index (χ0v) is 11.6. The molecule has 108 valence electrons. The molecule has 1 aliphatic carbocycles. The molecule has 0 radical (unpaired) electrons. The van der Waals surface area contributed by atoms with Crippen molar-refractivity contribution < 1.29 is 9.90 Å². The summed E-state index contributed by atoms with van der Waals surface area (Å²) in [6, 6.07) is 8.22. The molecule has 0 bridgehead atoms. The lowest BCUT2D eigenvalue weighted by molar-refractivity contribution is 0.0698. The second-order valence-corrected chi connectivity index (χ2v) is 5.90. The number of rotatable bonds is 4.